The van der Waals surface area contributed by atoms with Crippen molar-refractivity contribution >= 4 is 27.6 Å². The minimum Gasteiger partial charge on any atom is -0.356 e. The van der Waals surface area contributed by atoms with Gasteiger partial charge in [0.05, 0.1) is 0 Å². The maximum Gasteiger partial charge on any atom is 0.251 e. The molecule has 0 saturated carbocycles. The van der Waals surface area contributed by atoms with Gasteiger partial charge in [0.25, 0.3) is 5.92 Å². The van der Waals surface area contributed by atoms with Crippen LogP contribution < -0.4 is 9.80 Å². The second-order valence-electron chi connectivity index (χ2n) is 7.56. The third-order valence-corrected chi connectivity index (χ3v) is 5.89. The molecule has 0 unspecified atom stereocenters. The molecule has 2 aliphatic heterocycles. The quantitative estimate of drug-likeness (QED) is 0.694. The zero-order chi connectivity index (χ0) is 19.7. The van der Waals surface area contributed by atoms with E-state index in [1.807, 2.05) is 17.2 Å². The van der Waals surface area contributed by atoms with Gasteiger partial charge in [-0.05, 0) is 34.6 Å². The number of rotatable bonds is 5. The Morgan fingerprint density at radius 2 is 1.79 bits per heavy atom. The van der Waals surface area contributed by atoms with Crippen molar-refractivity contribution in [2.24, 2.45) is 0 Å². The van der Waals surface area contributed by atoms with E-state index in [1.165, 1.54) is 11.9 Å². The molecule has 2 saturated heterocycles. The van der Waals surface area contributed by atoms with Crippen LogP contribution >= 0.6 is 15.9 Å². The van der Waals surface area contributed by atoms with Crippen LogP contribution in [0.4, 0.5) is 20.4 Å². The molecule has 4 heterocycles. The van der Waals surface area contributed by atoms with E-state index in [0.29, 0.717) is 19.1 Å². The highest BCUT2D eigenvalue weighted by atomic mass is 79.9. The number of anilines is 2. The number of likely N-dealkylation sites (N-methyl/N-ethyl adjacent to an activating group) is 1. The van der Waals surface area contributed by atoms with E-state index in [1.54, 1.807) is 6.20 Å². The molecule has 28 heavy (non-hydrogen) atoms. The molecule has 2 fully saturated rings. The van der Waals surface area contributed by atoms with Crippen LogP contribution in [0, 0.1) is 0 Å². The lowest BCUT2D eigenvalue weighted by atomic mass is 10.1. The Morgan fingerprint density at radius 3 is 2.46 bits per heavy atom. The van der Waals surface area contributed by atoms with Gasteiger partial charge in [-0.2, -0.15) is 0 Å². The normalized spacial score (nSPS) is 19.8. The first kappa shape index (κ1) is 19.4. The lowest BCUT2D eigenvalue weighted by molar-refractivity contribution is -0.0221. The molecule has 0 N–H and O–H groups in total. The average Bonchev–Trinajstić information content (AvgIpc) is 2.61. The van der Waals surface area contributed by atoms with Crippen LogP contribution in [0.5, 0.6) is 0 Å². The predicted octanol–water partition coefficient (Wildman–Crippen LogP) is 3.19. The molecule has 150 valence electrons. The monoisotopic (exact) mass is 452 g/mol. The van der Waals surface area contributed by atoms with Crippen LogP contribution in [0.3, 0.4) is 0 Å². The standard InChI is InChI=1S/C19H23BrF2N6/c1-26(10-14-6-15(20)9-23-8-14)16-11-28(12-16)18-7-17(24-13-25-18)27-4-2-19(21,22)3-5-27/h6-9,13,16H,2-5,10-12H2,1H3. The number of hydrogen-bond acceptors (Lipinski definition) is 6. The van der Waals surface area contributed by atoms with Gasteiger partial charge in [-0.1, -0.05) is 0 Å². The highest BCUT2D eigenvalue weighted by molar-refractivity contribution is 9.10. The van der Waals surface area contributed by atoms with Crippen LogP contribution in [0.15, 0.2) is 35.3 Å². The van der Waals surface area contributed by atoms with Gasteiger partial charge >= 0.3 is 0 Å². The highest BCUT2D eigenvalue weighted by Crippen LogP contribution is 2.31. The van der Waals surface area contributed by atoms with Crippen LogP contribution in [0.25, 0.3) is 0 Å². The van der Waals surface area contributed by atoms with Gasteiger partial charge < -0.3 is 9.80 Å². The van der Waals surface area contributed by atoms with E-state index in [-0.39, 0.29) is 12.8 Å². The van der Waals surface area contributed by atoms with Gasteiger partial charge in [0.1, 0.15) is 18.0 Å². The van der Waals surface area contributed by atoms with Crippen LogP contribution in [0.1, 0.15) is 18.4 Å². The number of pyridine rings is 1. The van der Waals surface area contributed by atoms with Crippen LogP contribution in [-0.4, -0.2) is 65.0 Å². The first-order chi connectivity index (χ1) is 13.4. The van der Waals surface area contributed by atoms with E-state index in [4.69, 9.17) is 0 Å². The van der Waals surface area contributed by atoms with Crippen molar-refractivity contribution in [2.45, 2.75) is 31.4 Å². The molecule has 0 bridgehead atoms. The summed E-state index contributed by atoms with van der Waals surface area (Å²) in [5.74, 6) is -0.959. The Bertz CT molecular complexity index is 820. The number of halogens is 3. The summed E-state index contributed by atoms with van der Waals surface area (Å²) in [5, 5.41) is 0. The SMILES string of the molecule is CN(Cc1cncc(Br)c1)C1CN(c2cc(N3CCC(F)(F)CC3)ncn2)C1. The van der Waals surface area contributed by atoms with E-state index in [0.717, 1.165) is 35.7 Å². The minimum atomic E-state index is -2.55. The summed E-state index contributed by atoms with van der Waals surface area (Å²) in [7, 11) is 2.11. The van der Waals surface area contributed by atoms with Gasteiger partial charge in [0.15, 0.2) is 0 Å². The Hall–Kier alpha value is -1.87. The second kappa shape index (κ2) is 7.87. The number of hydrogen-bond donors (Lipinski definition) is 0. The van der Waals surface area contributed by atoms with Crippen molar-refractivity contribution in [1.29, 1.82) is 0 Å². The van der Waals surface area contributed by atoms with Crippen LogP contribution in [-0.2, 0) is 6.54 Å². The average molecular weight is 453 g/mol. The fourth-order valence-corrected chi connectivity index (χ4v) is 4.04. The summed E-state index contributed by atoms with van der Waals surface area (Å²) in [6, 6.07) is 4.43. The summed E-state index contributed by atoms with van der Waals surface area (Å²) in [6.07, 6.45) is 4.96. The first-order valence-electron chi connectivity index (χ1n) is 9.39. The van der Waals surface area contributed by atoms with Gasteiger partial charge in [0.2, 0.25) is 0 Å². The Balaban J connectivity index is 1.33. The zero-order valence-corrected chi connectivity index (χ0v) is 17.3. The minimum absolute atomic E-state index is 0.118. The Labute approximate surface area is 171 Å². The number of aromatic nitrogens is 3. The van der Waals surface area contributed by atoms with Crippen molar-refractivity contribution in [3.8, 4) is 0 Å². The van der Waals surface area contributed by atoms with Crippen molar-refractivity contribution in [3.05, 3.63) is 40.9 Å². The highest BCUT2D eigenvalue weighted by Gasteiger charge is 2.35. The first-order valence-corrected chi connectivity index (χ1v) is 10.2. The molecule has 2 aromatic rings. The molecule has 0 aliphatic carbocycles. The molecule has 0 aromatic carbocycles. The van der Waals surface area contributed by atoms with E-state index in [2.05, 4.69) is 53.8 Å². The van der Waals surface area contributed by atoms with Gasteiger partial charge in [-0.15, -0.1) is 0 Å². The summed E-state index contributed by atoms with van der Waals surface area (Å²) in [5.41, 5.74) is 1.17. The van der Waals surface area contributed by atoms with Gasteiger partial charge in [-0.3, -0.25) is 9.88 Å². The molecule has 9 heteroatoms. The maximum absolute atomic E-state index is 13.4. The Kier molecular flexibility index (Phi) is 5.46. The van der Waals surface area contributed by atoms with Crippen molar-refractivity contribution in [1.82, 2.24) is 19.9 Å². The van der Waals surface area contributed by atoms with E-state index < -0.39 is 5.92 Å². The topological polar surface area (TPSA) is 48.4 Å². The molecular weight excluding hydrogens is 430 g/mol. The molecular formula is C19H23BrF2N6. The smallest absolute Gasteiger partial charge is 0.251 e. The van der Waals surface area contributed by atoms with Gasteiger partial charge in [0, 0.05) is 74.5 Å². The van der Waals surface area contributed by atoms with Crippen molar-refractivity contribution in [2.75, 3.05) is 43.0 Å². The number of alkyl halides is 2. The van der Waals surface area contributed by atoms with Gasteiger partial charge in [-0.25, -0.2) is 18.7 Å². The number of nitrogens with zero attached hydrogens (tertiary/aromatic N) is 6. The summed E-state index contributed by atoms with van der Waals surface area (Å²) in [6.45, 7) is 3.26. The lowest BCUT2D eigenvalue weighted by Crippen LogP contribution is -2.58. The summed E-state index contributed by atoms with van der Waals surface area (Å²) in [4.78, 5) is 19.3. The van der Waals surface area contributed by atoms with Crippen molar-refractivity contribution in [3.63, 3.8) is 0 Å². The number of piperidine rings is 1. The molecule has 2 aromatic heterocycles. The second-order valence-corrected chi connectivity index (χ2v) is 8.48. The van der Waals surface area contributed by atoms with Crippen molar-refractivity contribution < 1.29 is 8.78 Å². The molecule has 4 rings (SSSR count). The third-order valence-electron chi connectivity index (χ3n) is 5.46. The molecule has 0 radical (unpaired) electrons. The molecule has 6 nitrogen and oxygen atoms in total. The molecule has 2 aliphatic rings. The fraction of sp³-hybridized carbons (Fsp3) is 0.526. The predicted molar refractivity (Wildman–Crippen MR) is 108 cm³/mol. The zero-order valence-electron chi connectivity index (χ0n) is 15.7. The van der Waals surface area contributed by atoms with Crippen LogP contribution in [0.2, 0.25) is 0 Å². The Morgan fingerprint density at radius 1 is 1.11 bits per heavy atom. The summed E-state index contributed by atoms with van der Waals surface area (Å²) < 4.78 is 27.7. The third kappa shape index (κ3) is 4.41. The molecule has 0 amide bonds. The summed E-state index contributed by atoms with van der Waals surface area (Å²) >= 11 is 3.46. The fourth-order valence-electron chi connectivity index (χ4n) is 3.63. The largest absolute Gasteiger partial charge is 0.356 e. The lowest BCUT2D eigenvalue weighted by Gasteiger charge is -2.45. The van der Waals surface area contributed by atoms with E-state index in [9.17, 15) is 8.78 Å². The van der Waals surface area contributed by atoms with E-state index >= 15 is 0 Å². The maximum atomic E-state index is 13.4. The molecule has 0 spiro atoms. The molecule has 0 atom stereocenters.